The highest BCUT2D eigenvalue weighted by Crippen LogP contribution is 2.22. The standard InChI is InChI=1S/C17H20N6O2/c1-25-14-8-4-12(5-9-14)23-16-15(21-22-23)10-18-17(20-16)19-11-2-6-13(24)7-3-11/h4-5,8-11,13,24H,2-3,6-7H2,1H3,(H,18,19,20). The molecule has 1 aliphatic rings. The van der Waals surface area contributed by atoms with Gasteiger partial charge < -0.3 is 15.2 Å². The lowest BCUT2D eigenvalue weighted by Gasteiger charge is -2.26. The normalized spacial score (nSPS) is 20.6. The maximum absolute atomic E-state index is 9.62. The zero-order valence-corrected chi connectivity index (χ0v) is 14.0. The smallest absolute Gasteiger partial charge is 0.225 e. The van der Waals surface area contributed by atoms with E-state index in [1.165, 1.54) is 0 Å². The molecular formula is C17H20N6O2. The van der Waals surface area contributed by atoms with E-state index in [1.807, 2.05) is 24.3 Å². The number of aliphatic hydroxyl groups excluding tert-OH is 1. The Bertz CT molecular complexity index is 855. The number of rotatable bonds is 4. The number of hydrogen-bond acceptors (Lipinski definition) is 7. The minimum absolute atomic E-state index is 0.179. The third-order valence-corrected chi connectivity index (χ3v) is 4.54. The van der Waals surface area contributed by atoms with Crippen LogP contribution in [-0.4, -0.2) is 49.3 Å². The summed E-state index contributed by atoms with van der Waals surface area (Å²) in [5.41, 5.74) is 2.15. The lowest BCUT2D eigenvalue weighted by molar-refractivity contribution is 0.126. The van der Waals surface area contributed by atoms with Crippen LogP contribution >= 0.6 is 0 Å². The molecule has 0 saturated heterocycles. The van der Waals surface area contributed by atoms with Crippen LogP contribution < -0.4 is 10.1 Å². The van der Waals surface area contributed by atoms with Crippen molar-refractivity contribution in [3.05, 3.63) is 30.5 Å². The van der Waals surface area contributed by atoms with Crippen molar-refractivity contribution in [2.75, 3.05) is 12.4 Å². The molecule has 1 aliphatic carbocycles. The summed E-state index contributed by atoms with van der Waals surface area (Å²) in [4.78, 5) is 8.92. The topological polar surface area (TPSA) is 98.0 Å². The highest BCUT2D eigenvalue weighted by Gasteiger charge is 2.20. The third kappa shape index (κ3) is 3.25. The fraction of sp³-hybridized carbons (Fsp3) is 0.412. The van der Waals surface area contributed by atoms with Crippen molar-refractivity contribution in [2.24, 2.45) is 0 Å². The van der Waals surface area contributed by atoms with Crippen LogP contribution in [0, 0.1) is 0 Å². The monoisotopic (exact) mass is 340 g/mol. The van der Waals surface area contributed by atoms with Gasteiger partial charge in [0.1, 0.15) is 5.75 Å². The van der Waals surface area contributed by atoms with Crippen LogP contribution in [0.15, 0.2) is 30.5 Å². The van der Waals surface area contributed by atoms with E-state index < -0.39 is 0 Å². The highest BCUT2D eigenvalue weighted by molar-refractivity contribution is 5.72. The SMILES string of the molecule is COc1ccc(-n2nnc3cnc(NC4CCC(O)CC4)nc32)cc1. The zero-order chi connectivity index (χ0) is 17.2. The van der Waals surface area contributed by atoms with Crippen LogP contribution in [0.3, 0.4) is 0 Å². The number of benzene rings is 1. The molecule has 0 aliphatic heterocycles. The van der Waals surface area contributed by atoms with Crippen molar-refractivity contribution < 1.29 is 9.84 Å². The molecule has 1 aromatic carbocycles. The second kappa shape index (κ2) is 6.64. The molecule has 1 fully saturated rings. The van der Waals surface area contributed by atoms with Crippen molar-refractivity contribution in [1.82, 2.24) is 25.0 Å². The summed E-state index contributed by atoms with van der Waals surface area (Å²) in [6.45, 7) is 0. The summed E-state index contributed by atoms with van der Waals surface area (Å²) >= 11 is 0. The van der Waals surface area contributed by atoms with E-state index in [9.17, 15) is 5.11 Å². The van der Waals surface area contributed by atoms with Gasteiger partial charge in [0.15, 0.2) is 11.2 Å². The predicted octanol–water partition coefficient (Wildman–Crippen LogP) is 1.93. The highest BCUT2D eigenvalue weighted by atomic mass is 16.5. The van der Waals surface area contributed by atoms with E-state index in [0.29, 0.717) is 17.1 Å². The average Bonchev–Trinajstić information content (AvgIpc) is 3.07. The van der Waals surface area contributed by atoms with Gasteiger partial charge in [0, 0.05) is 6.04 Å². The number of methoxy groups -OCH3 is 1. The van der Waals surface area contributed by atoms with E-state index in [2.05, 4.69) is 25.6 Å². The first-order valence-electron chi connectivity index (χ1n) is 8.40. The molecule has 0 spiro atoms. The van der Waals surface area contributed by atoms with Gasteiger partial charge in [0.25, 0.3) is 0 Å². The lowest BCUT2D eigenvalue weighted by atomic mass is 9.93. The molecule has 0 unspecified atom stereocenters. The van der Waals surface area contributed by atoms with Gasteiger partial charge in [-0.2, -0.15) is 9.67 Å². The Morgan fingerprint density at radius 3 is 2.64 bits per heavy atom. The predicted molar refractivity (Wildman–Crippen MR) is 92.9 cm³/mol. The summed E-state index contributed by atoms with van der Waals surface area (Å²) in [6, 6.07) is 7.84. The van der Waals surface area contributed by atoms with Crippen molar-refractivity contribution in [2.45, 2.75) is 37.8 Å². The van der Waals surface area contributed by atoms with E-state index >= 15 is 0 Å². The number of aliphatic hydroxyl groups is 1. The molecule has 2 N–H and O–H groups in total. The van der Waals surface area contributed by atoms with Crippen molar-refractivity contribution in [1.29, 1.82) is 0 Å². The molecule has 0 atom stereocenters. The molecule has 1 saturated carbocycles. The largest absolute Gasteiger partial charge is 0.497 e. The van der Waals surface area contributed by atoms with E-state index in [-0.39, 0.29) is 12.1 Å². The number of nitrogens with zero attached hydrogens (tertiary/aromatic N) is 5. The Hall–Kier alpha value is -2.74. The summed E-state index contributed by atoms with van der Waals surface area (Å²) < 4.78 is 6.87. The number of nitrogens with one attached hydrogen (secondary N) is 1. The van der Waals surface area contributed by atoms with Gasteiger partial charge in [-0.1, -0.05) is 5.21 Å². The maximum Gasteiger partial charge on any atom is 0.225 e. The molecule has 3 aromatic rings. The van der Waals surface area contributed by atoms with E-state index in [0.717, 1.165) is 37.1 Å². The zero-order valence-electron chi connectivity index (χ0n) is 14.0. The molecule has 4 rings (SSSR count). The fourth-order valence-electron chi connectivity index (χ4n) is 3.10. The van der Waals surface area contributed by atoms with Gasteiger partial charge in [0.2, 0.25) is 5.95 Å². The van der Waals surface area contributed by atoms with Crippen LogP contribution in [0.25, 0.3) is 16.9 Å². The molecule has 0 bridgehead atoms. The molecule has 130 valence electrons. The molecule has 25 heavy (non-hydrogen) atoms. The first-order chi connectivity index (χ1) is 12.2. The summed E-state index contributed by atoms with van der Waals surface area (Å²) in [7, 11) is 1.63. The van der Waals surface area contributed by atoms with Crippen LogP contribution in [0.1, 0.15) is 25.7 Å². The summed E-state index contributed by atoms with van der Waals surface area (Å²) in [5.74, 6) is 1.34. The molecule has 2 heterocycles. The van der Waals surface area contributed by atoms with Crippen LogP contribution in [0.5, 0.6) is 5.75 Å². The quantitative estimate of drug-likeness (QED) is 0.749. The van der Waals surface area contributed by atoms with Gasteiger partial charge >= 0.3 is 0 Å². The molecular weight excluding hydrogens is 320 g/mol. The second-order valence-electron chi connectivity index (χ2n) is 6.25. The van der Waals surface area contributed by atoms with Crippen LogP contribution in [-0.2, 0) is 0 Å². The Morgan fingerprint density at radius 1 is 1.16 bits per heavy atom. The Labute approximate surface area is 144 Å². The van der Waals surface area contributed by atoms with Gasteiger partial charge in [-0.3, -0.25) is 0 Å². The van der Waals surface area contributed by atoms with Crippen molar-refractivity contribution >= 4 is 17.1 Å². The fourth-order valence-corrected chi connectivity index (χ4v) is 3.10. The molecule has 0 radical (unpaired) electrons. The second-order valence-corrected chi connectivity index (χ2v) is 6.25. The lowest BCUT2D eigenvalue weighted by Crippen LogP contribution is -2.28. The number of aromatic nitrogens is 5. The van der Waals surface area contributed by atoms with Gasteiger partial charge in [0.05, 0.1) is 25.1 Å². The minimum Gasteiger partial charge on any atom is -0.497 e. The van der Waals surface area contributed by atoms with Crippen molar-refractivity contribution in [3.63, 3.8) is 0 Å². The number of fused-ring (bicyclic) bond motifs is 1. The van der Waals surface area contributed by atoms with Crippen LogP contribution in [0.2, 0.25) is 0 Å². The average molecular weight is 340 g/mol. The van der Waals surface area contributed by atoms with E-state index in [4.69, 9.17) is 4.74 Å². The molecule has 2 aromatic heterocycles. The van der Waals surface area contributed by atoms with Gasteiger partial charge in [-0.25, -0.2) is 4.98 Å². The number of anilines is 1. The Morgan fingerprint density at radius 2 is 1.92 bits per heavy atom. The first kappa shape index (κ1) is 15.8. The Balaban J connectivity index is 1.60. The minimum atomic E-state index is -0.179. The third-order valence-electron chi connectivity index (χ3n) is 4.54. The van der Waals surface area contributed by atoms with Crippen LogP contribution in [0.4, 0.5) is 5.95 Å². The Kier molecular flexibility index (Phi) is 4.19. The van der Waals surface area contributed by atoms with Gasteiger partial charge in [-0.15, -0.1) is 5.10 Å². The first-order valence-corrected chi connectivity index (χ1v) is 8.40. The molecule has 8 heteroatoms. The van der Waals surface area contributed by atoms with E-state index in [1.54, 1.807) is 18.0 Å². The summed E-state index contributed by atoms with van der Waals surface area (Å²) in [6.07, 6.45) is 4.95. The molecule has 8 nitrogen and oxygen atoms in total. The number of ether oxygens (including phenoxy) is 1. The summed E-state index contributed by atoms with van der Waals surface area (Å²) in [5, 5.41) is 21.3. The van der Waals surface area contributed by atoms with Crippen molar-refractivity contribution in [3.8, 4) is 11.4 Å². The maximum atomic E-state index is 9.62. The van der Waals surface area contributed by atoms with Gasteiger partial charge in [-0.05, 0) is 49.9 Å². The number of hydrogen-bond donors (Lipinski definition) is 2. The molecule has 0 amide bonds.